The molecule has 1 atom stereocenters. The Morgan fingerprint density at radius 2 is 2.43 bits per heavy atom. The van der Waals surface area contributed by atoms with Gasteiger partial charge in [-0.25, -0.2) is 0 Å². The van der Waals surface area contributed by atoms with E-state index in [4.69, 9.17) is 5.11 Å². The standard InChI is InChI=1S/C3H8O3P/c1-2-6-7(5)3-4/h4H,2-3H2,1H3/q+1. The summed E-state index contributed by atoms with van der Waals surface area (Å²) in [5, 5.41) is 8.06. The van der Waals surface area contributed by atoms with Crippen molar-refractivity contribution >= 4 is 8.03 Å². The first-order valence-corrected chi connectivity index (χ1v) is 3.36. The van der Waals surface area contributed by atoms with E-state index >= 15 is 0 Å². The van der Waals surface area contributed by atoms with Gasteiger partial charge in [-0.2, -0.15) is 0 Å². The molecule has 0 aliphatic carbocycles. The van der Waals surface area contributed by atoms with E-state index in [2.05, 4.69) is 4.52 Å². The molecule has 0 radical (unpaired) electrons. The van der Waals surface area contributed by atoms with Gasteiger partial charge in [0.2, 0.25) is 0 Å². The molecule has 3 nitrogen and oxygen atoms in total. The lowest BCUT2D eigenvalue weighted by atomic mass is 10.9. The first-order valence-electron chi connectivity index (χ1n) is 1.99. The second-order valence-electron chi connectivity index (χ2n) is 0.892. The molecule has 0 saturated heterocycles. The molecule has 1 unspecified atom stereocenters. The molecule has 0 amide bonds. The Kier molecular flexibility index (Phi) is 4.20. The zero-order chi connectivity index (χ0) is 5.70. The number of aliphatic hydroxyl groups is 1. The van der Waals surface area contributed by atoms with Crippen LogP contribution in [0.1, 0.15) is 6.92 Å². The van der Waals surface area contributed by atoms with Crippen molar-refractivity contribution < 1.29 is 14.2 Å². The van der Waals surface area contributed by atoms with Gasteiger partial charge in [0.1, 0.15) is 0 Å². The summed E-state index contributed by atoms with van der Waals surface area (Å²) < 4.78 is 14.5. The predicted molar refractivity (Wildman–Crippen MR) is 26.3 cm³/mol. The van der Waals surface area contributed by atoms with Gasteiger partial charge in [0.25, 0.3) is 6.35 Å². The molecule has 0 rings (SSSR count). The van der Waals surface area contributed by atoms with Crippen molar-refractivity contribution in [2.24, 2.45) is 0 Å². The summed E-state index contributed by atoms with van der Waals surface area (Å²) in [6.45, 7) is 2.12. The topological polar surface area (TPSA) is 46.5 Å². The van der Waals surface area contributed by atoms with Crippen LogP contribution in [0.2, 0.25) is 0 Å². The Labute approximate surface area is 43.2 Å². The minimum absolute atomic E-state index is 0.372. The molecule has 42 valence electrons. The molecule has 7 heavy (non-hydrogen) atoms. The minimum Gasteiger partial charge on any atom is -0.351 e. The Hall–Kier alpha value is 0.0200. The summed E-state index contributed by atoms with van der Waals surface area (Å²) in [6.07, 6.45) is -0.372. The van der Waals surface area contributed by atoms with Crippen molar-refractivity contribution in [2.45, 2.75) is 6.92 Å². The Bertz CT molecular complexity index is 63.2. The number of hydrogen-bond donors (Lipinski definition) is 1. The highest BCUT2D eigenvalue weighted by molar-refractivity contribution is 7.38. The average Bonchev–Trinajstić information content (AvgIpc) is 1.68. The van der Waals surface area contributed by atoms with Crippen LogP contribution in [0.15, 0.2) is 0 Å². The number of aliphatic hydroxyl groups excluding tert-OH is 1. The van der Waals surface area contributed by atoms with Crippen LogP contribution in [0, 0.1) is 0 Å². The van der Waals surface area contributed by atoms with Crippen LogP contribution in [0.3, 0.4) is 0 Å². The summed E-state index contributed by atoms with van der Waals surface area (Å²) >= 11 is 0. The summed E-state index contributed by atoms with van der Waals surface area (Å²) in [5.74, 6) is 0. The average molecular weight is 123 g/mol. The largest absolute Gasteiger partial charge is 0.536 e. The van der Waals surface area contributed by atoms with E-state index < -0.39 is 8.03 Å². The molecule has 0 spiro atoms. The van der Waals surface area contributed by atoms with E-state index in [1.165, 1.54) is 0 Å². The van der Waals surface area contributed by atoms with E-state index in [1.54, 1.807) is 6.92 Å². The quantitative estimate of drug-likeness (QED) is 0.562. The van der Waals surface area contributed by atoms with E-state index in [-0.39, 0.29) is 6.35 Å². The van der Waals surface area contributed by atoms with Gasteiger partial charge in [-0.1, -0.05) is 0 Å². The van der Waals surface area contributed by atoms with Gasteiger partial charge in [-0.05, 0) is 11.5 Å². The van der Waals surface area contributed by atoms with Crippen molar-refractivity contribution in [3.63, 3.8) is 0 Å². The first-order chi connectivity index (χ1) is 3.31. The molecule has 0 saturated carbocycles. The maximum Gasteiger partial charge on any atom is 0.536 e. The van der Waals surface area contributed by atoms with Gasteiger partial charge in [0.15, 0.2) is 0 Å². The second-order valence-corrected chi connectivity index (χ2v) is 2.10. The SMILES string of the molecule is CCO[P+](=O)CO. The lowest BCUT2D eigenvalue weighted by Gasteiger charge is -1.75. The predicted octanol–water partition coefficient (Wildman–Crippen LogP) is 0.715. The molecule has 0 heterocycles. The molecule has 0 bridgehead atoms. The minimum atomic E-state index is -1.77. The molecule has 0 fully saturated rings. The third-order valence-corrected chi connectivity index (χ3v) is 1.17. The monoisotopic (exact) mass is 123 g/mol. The summed E-state index contributed by atoms with van der Waals surface area (Å²) in [7, 11) is -1.77. The van der Waals surface area contributed by atoms with E-state index in [1.807, 2.05) is 0 Å². The molecule has 0 aromatic rings. The van der Waals surface area contributed by atoms with Crippen molar-refractivity contribution in [2.75, 3.05) is 13.0 Å². The van der Waals surface area contributed by atoms with Crippen LogP contribution in [0.4, 0.5) is 0 Å². The van der Waals surface area contributed by atoms with Crippen LogP contribution < -0.4 is 0 Å². The van der Waals surface area contributed by atoms with Crippen LogP contribution in [0.5, 0.6) is 0 Å². The molecule has 0 aliphatic heterocycles. The molecular formula is C3H8O3P+. The van der Waals surface area contributed by atoms with Gasteiger partial charge in [0.05, 0.1) is 6.61 Å². The normalized spacial score (nSPS) is 11.4. The smallest absolute Gasteiger partial charge is 0.351 e. The fourth-order valence-electron chi connectivity index (χ4n) is 0.185. The van der Waals surface area contributed by atoms with Crippen LogP contribution in [-0.2, 0) is 9.09 Å². The van der Waals surface area contributed by atoms with Crippen molar-refractivity contribution in [1.82, 2.24) is 0 Å². The van der Waals surface area contributed by atoms with Crippen LogP contribution in [0.25, 0.3) is 0 Å². The van der Waals surface area contributed by atoms with Crippen molar-refractivity contribution in [3.05, 3.63) is 0 Å². The Morgan fingerprint density at radius 3 is 2.57 bits per heavy atom. The molecule has 1 N–H and O–H groups in total. The molecule has 0 aromatic heterocycles. The molecular weight excluding hydrogens is 115 g/mol. The summed E-state index contributed by atoms with van der Waals surface area (Å²) in [5.41, 5.74) is 0. The first kappa shape index (κ1) is 7.02. The maximum atomic E-state index is 10.1. The van der Waals surface area contributed by atoms with Gasteiger partial charge in [0, 0.05) is 0 Å². The third-order valence-electron chi connectivity index (χ3n) is 0.389. The lowest BCUT2D eigenvalue weighted by molar-refractivity contribution is 0.300. The summed E-state index contributed by atoms with van der Waals surface area (Å²) in [4.78, 5) is 0. The third kappa shape index (κ3) is 3.86. The fraction of sp³-hybridized carbons (Fsp3) is 1.00. The van der Waals surface area contributed by atoms with Gasteiger partial charge in [-0.15, -0.1) is 4.52 Å². The van der Waals surface area contributed by atoms with Crippen LogP contribution in [-0.4, -0.2) is 18.1 Å². The van der Waals surface area contributed by atoms with E-state index in [0.717, 1.165) is 0 Å². The van der Waals surface area contributed by atoms with E-state index in [9.17, 15) is 4.57 Å². The fourth-order valence-corrected chi connectivity index (χ4v) is 0.554. The zero-order valence-electron chi connectivity index (χ0n) is 4.13. The highest BCUT2D eigenvalue weighted by atomic mass is 31.1. The van der Waals surface area contributed by atoms with Crippen molar-refractivity contribution in [1.29, 1.82) is 0 Å². The van der Waals surface area contributed by atoms with Crippen LogP contribution >= 0.6 is 8.03 Å². The number of rotatable bonds is 3. The van der Waals surface area contributed by atoms with Gasteiger partial charge < -0.3 is 5.11 Å². The van der Waals surface area contributed by atoms with Crippen molar-refractivity contribution in [3.8, 4) is 0 Å². The lowest BCUT2D eigenvalue weighted by Crippen LogP contribution is -1.79. The highest BCUT2D eigenvalue weighted by Crippen LogP contribution is 2.17. The Balaban J connectivity index is 3.00. The van der Waals surface area contributed by atoms with E-state index in [0.29, 0.717) is 6.61 Å². The van der Waals surface area contributed by atoms with Gasteiger partial charge >= 0.3 is 8.03 Å². The zero-order valence-corrected chi connectivity index (χ0v) is 5.02. The summed E-state index contributed by atoms with van der Waals surface area (Å²) in [6, 6.07) is 0. The molecule has 4 heteroatoms. The highest BCUT2D eigenvalue weighted by Gasteiger charge is 2.10. The Morgan fingerprint density at radius 1 is 1.86 bits per heavy atom. The van der Waals surface area contributed by atoms with Gasteiger partial charge in [-0.3, -0.25) is 0 Å². The maximum absolute atomic E-state index is 10.1. The molecule has 0 aromatic carbocycles. The molecule has 0 aliphatic rings. The number of hydrogen-bond acceptors (Lipinski definition) is 3. The second kappa shape index (κ2) is 4.19.